The number of para-hydroxylation sites is 1. The van der Waals surface area contributed by atoms with Crippen molar-refractivity contribution < 1.29 is 18.0 Å². The highest BCUT2D eigenvalue weighted by molar-refractivity contribution is 5.96. The first-order valence-corrected chi connectivity index (χ1v) is 6.21. The highest BCUT2D eigenvalue weighted by Crippen LogP contribution is 2.34. The molecule has 1 aromatic carbocycles. The average molecular weight is 265 g/mol. The number of furan rings is 1. The Morgan fingerprint density at radius 2 is 2.16 bits per heavy atom. The summed E-state index contributed by atoms with van der Waals surface area (Å²) in [5.41, 5.74) is 0.615. The van der Waals surface area contributed by atoms with Gasteiger partial charge in [-0.25, -0.2) is 8.78 Å². The van der Waals surface area contributed by atoms with E-state index in [9.17, 15) is 13.6 Å². The molecule has 3 rings (SSSR count). The number of carbonyl (C=O) groups excluding carboxylic acids is 1. The molecule has 0 aliphatic heterocycles. The summed E-state index contributed by atoms with van der Waals surface area (Å²) >= 11 is 0. The number of nitrogens with one attached hydrogen (secondary N) is 1. The lowest BCUT2D eigenvalue weighted by atomic mass is 10.2. The Morgan fingerprint density at radius 3 is 2.84 bits per heavy atom. The first-order valence-electron chi connectivity index (χ1n) is 6.21. The zero-order chi connectivity index (χ0) is 13.5. The van der Waals surface area contributed by atoms with Crippen LogP contribution in [0.1, 0.15) is 29.8 Å². The van der Waals surface area contributed by atoms with Crippen LogP contribution in [0.3, 0.4) is 0 Å². The predicted molar refractivity (Wildman–Crippen MR) is 66.3 cm³/mol. The Morgan fingerprint density at radius 1 is 1.37 bits per heavy atom. The van der Waals surface area contributed by atoms with Crippen molar-refractivity contribution in [1.29, 1.82) is 0 Å². The largest absolute Gasteiger partial charge is 0.451 e. The molecule has 1 saturated carbocycles. The summed E-state index contributed by atoms with van der Waals surface area (Å²) in [6.07, 6.45) is -0.157. The van der Waals surface area contributed by atoms with Gasteiger partial charge in [-0.1, -0.05) is 18.2 Å². The van der Waals surface area contributed by atoms with Crippen LogP contribution in [0.5, 0.6) is 0 Å². The molecule has 1 atom stereocenters. The molecule has 1 unspecified atom stereocenters. The summed E-state index contributed by atoms with van der Waals surface area (Å²) in [5, 5.41) is 3.42. The number of rotatable bonds is 2. The molecule has 3 nitrogen and oxygen atoms in total. The summed E-state index contributed by atoms with van der Waals surface area (Å²) in [7, 11) is 0. The van der Waals surface area contributed by atoms with E-state index in [2.05, 4.69) is 5.32 Å². The van der Waals surface area contributed by atoms with Gasteiger partial charge in [-0.15, -0.1) is 0 Å². The maximum atomic E-state index is 13.0. The van der Waals surface area contributed by atoms with Gasteiger partial charge < -0.3 is 9.73 Å². The van der Waals surface area contributed by atoms with Crippen molar-refractivity contribution in [1.82, 2.24) is 5.32 Å². The van der Waals surface area contributed by atoms with Crippen LogP contribution in [-0.4, -0.2) is 17.9 Å². The van der Waals surface area contributed by atoms with Crippen LogP contribution < -0.4 is 5.32 Å². The Balaban J connectivity index is 1.74. The highest BCUT2D eigenvalue weighted by atomic mass is 19.3. The van der Waals surface area contributed by atoms with Gasteiger partial charge in [0.25, 0.3) is 5.91 Å². The van der Waals surface area contributed by atoms with E-state index in [0.29, 0.717) is 12.0 Å². The second-order valence-electron chi connectivity index (χ2n) is 4.92. The summed E-state index contributed by atoms with van der Waals surface area (Å²) in [6, 6.07) is 8.39. The van der Waals surface area contributed by atoms with Crippen LogP contribution in [0.25, 0.3) is 11.0 Å². The molecular formula is C14H13F2NO2. The minimum Gasteiger partial charge on any atom is -0.451 e. The SMILES string of the molecule is O=C(NC1CCC(F)(F)C1)c1cc2ccccc2o1. The van der Waals surface area contributed by atoms with Crippen LogP contribution >= 0.6 is 0 Å². The maximum absolute atomic E-state index is 13.0. The van der Waals surface area contributed by atoms with Crippen LogP contribution in [-0.2, 0) is 0 Å². The van der Waals surface area contributed by atoms with E-state index in [4.69, 9.17) is 4.42 Å². The van der Waals surface area contributed by atoms with Gasteiger partial charge in [0, 0.05) is 24.3 Å². The number of amides is 1. The molecule has 1 aliphatic carbocycles. The van der Waals surface area contributed by atoms with Gasteiger partial charge in [-0.3, -0.25) is 4.79 Å². The lowest BCUT2D eigenvalue weighted by Crippen LogP contribution is -2.33. The molecule has 0 bridgehead atoms. The first kappa shape index (κ1) is 12.1. The van der Waals surface area contributed by atoms with Crippen molar-refractivity contribution in [3.8, 4) is 0 Å². The fraction of sp³-hybridized carbons (Fsp3) is 0.357. The van der Waals surface area contributed by atoms with E-state index in [0.717, 1.165) is 5.39 Å². The molecule has 1 N–H and O–H groups in total. The Bertz CT molecular complexity index is 588. The predicted octanol–water partition coefficient (Wildman–Crippen LogP) is 3.35. The second kappa shape index (κ2) is 4.33. The van der Waals surface area contributed by atoms with E-state index >= 15 is 0 Å². The van der Waals surface area contributed by atoms with Crippen molar-refractivity contribution in [3.63, 3.8) is 0 Å². The molecule has 0 saturated heterocycles. The molecule has 1 aromatic heterocycles. The minimum absolute atomic E-state index is 0.163. The Hall–Kier alpha value is -1.91. The topological polar surface area (TPSA) is 42.2 Å². The normalized spacial score (nSPS) is 21.7. The van der Waals surface area contributed by atoms with Gasteiger partial charge in [0.2, 0.25) is 5.92 Å². The fourth-order valence-corrected chi connectivity index (χ4v) is 2.42. The zero-order valence-electron chi connectivity index (χ0n) is 10.2. The molecule has 0 radical (unpaired) electrons. The number of halogens is 2. The number of benzene rings is 1. The van der Waals surface area contributed by atoms with Gasteiger partial charge in [0.05, 0.1) is 0 Å². The van der Waals surface area contributed by atoms with Crippen molar-refractivity contribution in [2.24, 2.45) is 0 Å². The summed E-state index contributed by atoms with van der Waals surface area (Å²) < 4.78 is 31.5. The molecule has 2 aromatic rings. The van der Waals surface area contributed by atoms with Crippen LogP contribution in [0.4, 0.5) is 8.78 Å². The van der Waals surface area contributed by atoms with E-state index in [1.165, 1.54) is 0 Å². The first-order chi connectivity index (χ1) is 9.03. The van der Waals surface area contributed by atoms with Crippen molar-refractivity contribution in [2.45, 2.75) is 31.2 Å². The molecule has 5 heteroatoms. The molecule has 100 valence electrons. The fourth-order valence-electron chi connectivity index (χ4n) is 2.42. The summed E-state index contributed by atoms with van der Waals surface area (Å²) in [6.45, 7) is 0. The zero-order valence-corrected chi connectivity index (χ0v) is 10.2. The number of carbonyl (C=O) groups is 1. The Kier molecular flexibility index (Phi) is 2.77. The van der Waals surface area contributed by atoms with E-state index in [1.807, 2.05) is 18.2 Å². The van der Waals surface area contributed by atoms with Crippen LogP contribution in [0.2, 0.25) is 0 Å². The van der Waals surface area contributed by atoms with Crippen molar-refractivity contribution >= 4 is 16.9 Å². The highest BCUT2D eigenvalue weighted by Gasteiger charge is 2.40. The molecule has 1 aliphatic rings. The third kappa shape index (κ3) is 2.45. The molecule has 1 amide bonds. The number of fused-ring (bicyclic) bond motifs is 1. The minimum atomic E-state index is -2.66. The van der Waals surface area contributed by atoms with E-state index in [1.54, 1.807) is 12.1 Å². The van der Waals surface area contributed by atoms with Gasteiger partial charge in [-0.2, -0.15) is 0 Å². The standard InChI is InChI=1S/C14H13F2NO2/c15-14(16)6-5-10(8-14)17-13(18)12-7-9-3-1-2-4-11(9)19-12/h1-4,7,10H,5-6,8H2,(H,17,18). The molecule has 0 spiro atoms. The maximum Gasteiger partial charge on any atom is 0.287 e. The molecule has 19 heavy (non-hydrogen) atoms. The lowest BCUT2D eigenvalue weighted by Gasteiger charge is -2.11. The number of alkyl halides is 2. The van der Waals surface area contributed by atoms with Crippen molar-refractivity contribution in [2.75, 3.05) is 0 Å². The quantitative estimate of drug-likeness (QED) is 0.904. The van der Waals surface area contributed by atoms with Gasteiger partial charge in [0.15, 0.2) is 5.76 Å². The average Bonchev–Trinajstić information content (AvgIpc) is 2.92. The third-order valence-electron chi connectivity index (χ3n) is 3.39. The summed E-state index contributed by atoms with van der Waals surface area (Å²) in [4.78, 5) is 11.9. The number of hydrogen-bond donors (Lipinski definition) is 1. The smallest absolute Gasteiger partial charge is 0.287 e. The molecular weight excluding hydrogens is 252 g/mol. The van der Waals surface area contributed by atoms with Crippen molar-refractivity contribution in [3.05, 3.63) is 36.1 Å². The van der Waals surface area contributed by atoms with Gasteiger partial charge >= 0.3 is 0 Å². The number of hydrogen-bond acceptors (Lipinski definition) is 2. The summed E-state index contributed by atoms with van der Waals surface area (Å²) in [5.74, 6) is -2.93. The Labute approximate surface area is 108 Å². The van der Waals surface area contributed by atoms with E-state index < -0.39 is 17.9 Å². The van der Waals surface area contributed by atoms with Gasteiger partial charge in [-0.05, 0) is 18.6 Å². The molecule has 1 fully saturated rings. The lowest BCUT2D eigenvalue weighted by molar-refractivity contribution is 0.00707. The van der Waals surface area contributed by atoms with Gasteiger partial charge in [0.1, 0.15) is 5.58 Å². The second-order valence-corrected chi connectivity index (χ2v) is 4.92. The monoisotopic (exact) mass is 265 g/mol. The molecule has 1 heterocycles. The van der Waals surface area contributed by atoms with E-state index in [-0.39, 0.29) is 18.6 Å². The third-order valence-corrected chi connectivity index (χ3v) is 3.39. The van der Waals surface area contributed by atoms with Crippen LogP contribution in [0, 0.1) is 0 Å². The van der Waals surface area contributed by atoms with Crippen LogP contribution in [0.15, 0.2) is 34.7 Å².